The normalized spacial score (nSPS) is 12.0. The molecule has 0 amide bonds. The summed E-state index contributed by atoms with van der Waals surface area (Å²) in [5.41, 5.74) is 3.20. The molecule has 0 aliphatic carbocycles. The number of fused-ring (bicyclic) bond motifs is 1. The maximum atomic E-state index is 5.38. The highest BCUT2D eigenvalue weighted by molar-refractivity contribution is 5.56. The van der Waals surface area contributed by atoms with Gasteiger partial charge in [0.25, 0.3) is 0 Å². The van der Waals surface area contributed by atoms with Crippen LogP contribution in [-0.2, 0) is 6.54 Å². The first-order valence-electron chi connectivity index (χ1n) is 7.92. The van der Waals surface area contributed by atoms with E-state index in [0.29, 0.717) is 18.3 Å². The Balaban J connectivity index is 1.42. The van der Waals surface area contributed by atoms with E-state index in [2.05, 4.69) is 25.8 Å². The van der Waals surface area contributed by atoms with Gasteiger partial charge < -0.3 is 20.1 Å². The minimum Gasteiger partial charge on any atom is -0.454 e. The Morgan fingerprint density at radius 3 is 2.76 bits per heavy atom. The van der Waals surface area contributed by atoms with E-state index in [-0.39, 0.29) is 6.79 Å². The molecule has 2 aromatic carbocycles. The Morgan fingerprint density at radius 1 is 1.04 bits per heavy atom. The highest BCUT2D eigenvalue weighted by Crippen LogP contribution is 2.32. The quantitative estimate of drug-likeness (QED) is 0.740. The zero-order valence-electron chi connectivity index (χ0n) is 13.7. The van der Waals surface area contributed by atoms with Gasteiger partial charge in [-0.1, -0.05) is 23.8 Å². The molecule has 0 saturated carbocycles. The third-order valence-electron chi connectivity index (χ3n) is 3.77. The van der Waals surface area contributed by atoms with Gasteiger partial charge in [-0.2, -0.15) is 10.1 Å². The van der Waals surface area contributed by atoms with Crippen LogP contribution in [0.5, 0.6) is 11.5 Å². The SMILES string of the molecule is Cc1ccc(Nc2cnnc(NCc3ccc4c(c3)OCO4)n2)cc1. The van der Waals surface area contributed by atoms with Crippen molar-refractivity contribution in [3.05, 3.63) is 59.8 Å². The van der Waals surface area contributed by atoms with Gasteiger partial charge in [0, 0.05) is 12.2 Å². The summed E-state index contributed by atoms with van der Waals surface area (Å²) in [5.74, 6) is 2.61. The van der Waals surface area contributed by atoms with Gasteiger partial charge in [0.2, 0.25) is 12.7 Å². The van der Waals surface area contributed by atoms with Crippen molar-refractivity contribution < 1.29 is 9.47 Å². The Hall–Kier alpha value is -3.35. The van der Waals surface area contributed by atoms with Gasteiger partial charge in [-0.15, -0.1) is 5.10 Å². The van der Waals surface area contributed by atoms with Crippen LogP contribution in [0.25, 0.3) is 0 Å². The number of aromatic nitrogens is 3. The van der Waals surface area contributed by atoms with E-state index in [1.54, 1.807) is 6.20 Å². The molecule has 2 heterocycles. The van der Waals surface area contributed by atoms with Crippen LogP contribution in [0.3, 0.4) is 0 Å². The first-order chi connectivity index (χ1) is 12.3. The molecule has 3 aromatic rings. The molecular weight excluding hydrogens is 318 g/mol. The molecule has 1 aliphatic heterocycles. The number of hydrogen-bond acceptors (Lipinski definition) is 7. The lowest BCUT2D eigenvalue weighted by molar-refractivity contribution is 0.174. The molecule has 0 saturated heterocycles. The second-order valence-corrected chi connectivity index (χ2v) is 5.70. The number of benzene rings is 2. The Kier molecular flexibility index (Phi) is 4.04. The summed E-state index contributed by atoms with van der Waals surface area (Å²) in [4.78, 5) is 4.43. The van der Waals surface area contributed by atoms with E-state index >= 15 is 0 Å². The molecule has 0 atom stereocenters. The fraction of sp³-hybridized carbons (Fsp3) is 0.167. The van der Waals surface area contributed by atoms with Gasteiger partial charge in [-0.25, -0.2) is 0 Å². The molecule has 0 fully saturated rings. The topological polar surface area (TPSA) is 81.2 Å². The van der Waals surface area contributed by atoms with Crippen LogP contribution in [-0.4, -0.2) is 22.0 Å². The average Bonchev–Trinajstić information content (AvgIpc) is 3.10. The van der Waals surface area contributed by atoms with Crippen molar-refractivity contribution >= 4 is 17.5 Å². The molecule has 25 heavy (non-hydrogen) atoms. The maximum absolute atomic E-state index is 5.38. The third-order valence-corrected chi connectivity index (χ3v) is 3.77. The smallest absolute Gasteiger partial charge is 0.244 e. The van der Waals surface area contributed by atoms with Crippen LogP contribution in [0, 0.1) is 6.92 Å². The van der Waals surface area contributed by atoms with E-state index < -0.39 is 0 Å². The first-order valence-corrected chi connectivity index (χ1v) is 7.92. The Bertz CT molecular complexity index is 883. The summed E-state index contributed by atoms with van der Waals surface area (Å²) in [6.07, 6.45) is 1.59. The summed E-state index contributed by atoms with van der Waals surface area (Å²) in [5, 5.41) is 14.4. The molecule has 1 aromatic heterocycles. The summed E-state index contributed by atoms with van der Waals surface area (Å²) >= 11 is 0. The number of anilines is 3. The minimum absolute atomic E-state index is 0.270. The van der Waals surface area contributed by atoms with Crippen LogP contribution in [0.1, 0.15) is 11.1 Å². The molecule has 126 valence electrons. The second-order valence-electron chi connectivity index (χ2n) is 5.70. The van der Waals surface area contributed by atoms with Crippen molar-refractivity contribution in [1.29, 1.82) is 0 Å². The fourth-order valence-electron chi connectivity index (χ4n) is 2.46. The van der Waals surface area contributed by atoms with Gasteiger partial charge >= 0.3 is 0 Å². The van der Waals surface area contributed by atoms with Crippen LogP contribution in [0.2, 0.25) is 0 Å². The van der Waals surface area contributed by atoms with Gasteiger partial charge in [0.05, 0.1) is 6.20 Å². The molecule has 0 bridgehead atoms. The first kappa shape index (κ1) is 15.2. The summed E-state index contributed by atoms with van der Waals surface area (Å²) in [6, 6.07) is 13.9. The monoisotopic (exact) mass is 335 g/mol. The third kappa shape index (κ3) is 3.60. The van der Waals surface area contributed by atoms with E-state index in [9.17, 15) is 0 Å². The van der Waals surface area contributed by atoms with Crippen LogP contribution < -0.4 is 20.1 Å². The predicted octanol–water partition coefficient (Wildman–Crippen LogP) is 3.26. The van der Waals surface area contributed by atoms with E-state index in [1.807, 2.05) is 49.4 Å². The zero-order valence-corrected chi connectivity index (χ0v) is 13.7. The Labute approximate surface area is 145 Å². The van der Waals surface area contributed by atoms with Gasteiger partial charge in [-0.3, -0.25) is 0 Å². The highest BCUT2D eigenvalue weighted by Gasteiger charge is 2.13. The molecular formula is C18H17N5O2. The van der Waals surface area contributed by atoms with Crippen LogP contribution >= 0.6 is 0 Å². The lowest BCUT2D eigenvalue weighted by atomic mass is 10.2. The van der Waals surface area contributed by atoms with Crippen LogP contribution in [0.15, 0.2) is 48.7 Å². The van der Waals surface area contributed by atoms with Crippen molar-refractivity contribution in [3.8, 4) is 11.5 Å². The molecule has 0 unspecified atom stereocenters. The van der Waals surface area contributed by atoms with Crippen LogP contribution in [0.4, 0.5) is 17.5 Å². The van der Waals surface area contributed by atoms with Crippen molar-refractivity contribution in [2.45, 2.75) is 13.5 Å². The molecule has 2 N–H and O–H groups in total. The number of nitrogens with one attached hydrogen (secondary N) is 2. The standard InChI is InChI=1S/C18H17N5O2/c1-12-2-5-14(6-3-12)21-17-10-20-23-18(22-17)19-9-13-4-7-15-16(8-13)25-11-24-15/h2-8,10H,9,11H2,1H3,(H2,19,21,22,23). The molecule has 0 spiro atoms. The maximum Gasteiger partial charge on any atom is 0.244 e. The summed E-state index contributed by atoms with van der Waals surface area (Å²) < 4.78 is 10.7. The largest absolute Gasteiger partial charge is 0.454 e. The van der Waals surface area contributed by atoms with Crippen molar-refractivity contribution in [1.82, 2.24) is 15.2 Å². The van der Waals surface area contributed by atoms with Gasteiger partial charge in [0.1, 0.15) is 0 Å². The molecule has 7 nitrogen and oxygen atoms in total. The number of aryl methyl sites for hydroxylation is 1. The number of rotatable bonds is 5. The average molecular weight is 335 g/mol. The van der Waals surface area contributed by atoms with E-state index in [4.69, 9.17) is 9.47 Å². The molecule has 0 radical (unpaired) electrons. The Morgan fingerprint density at radius 2 is 1.88 bits per heavy atom. The summed E-state index contributed by atoms with van der Waals surface area (Å²) in [7, 11) is 0. The van der Waals surface area contributed by atoms with Gasteiger partial charge in [-0.05, 0) is 36.8 Å². The lowest BCUT2D eigenvalue weighted by Gasteiger charge is -2.08. The fourth-order valence-corrected chi connectivity index (χ4v) is 2.46. The zero-order chi connectivity index (χ0) is 17.1. The summed E-state index contributed by atoms with van der Waals surface area (Å²) in [6.45, 7) is 2.88. The van der Waals surface area contributed by atoms with Crippen molar-refractivity contribution in [2.24, 2.45) is 0 Å². The number of ether oxygens (including phenoxy) is 2. The highest BCUT2D eigenvalue weighted by atomic mass is 16.7. The number of nitrogens with zero attached hydrogens (tertiary/aromatic N) is 3. The molecule has 4 rings (SSSR count). The van der Waals surface area contributed by atoms with Crippen molar-refractivity contribution in [2.75, 3.05) is 17.4 Å². The number of hydrogen-bond donors (Lipinski definition) is 2. The lowest BCUT2D eigenvalue weighted by Crippen LogP contribution is -2.06. The van der Waals surface area contributed by atoms with Gasteiger partial charge in [0.15, 0.2) is 17.3 Å². The predicted molar refractivity (Wildman–Crippen MR) is 94.2 cm³/mol. The molecule has 7 heteroatoms. The molecule has 1 aliphatic rings. The second kappa shape index (κ2) is 6.64. The van der Waals surface area contributed by atoms with E-state index in [1.165, 1.54) is 5.56 Å². The van der Waals surface area contributed by atoms with E-state index in [0.717, 1.165) is 22.7 Å². The minimum atomic E-state index is 0.270. The van der Waals surface area contributed by atoms with Crippen molar-refractivity contribution in [3.63, 3.8) is 0 Å².